The number of hydrogen-bond acceptors (Lipinski definition) is 6. The molecule has 4 rings (SSSR count). The summed E-state index contributed by atoms with van der Waals surface area (Å²) in [5.74, 6) is -0.267. The number of benzene rings is 1. The Bertz CT molecular complexity index is 1100. The smallest absolute Gasteiger partial charge is 0.335 e. The van der Waals surface area contributed by atoms with E-state index in [0.717, 1.165) is 34.8 Å². The Hall–Kier alpha value is -2.43. The van der Waals surface area contributed by atoms with Gasteiger partial charge in [-0.3, -0.25) is 4.72 Å². The van der Waals surface area contributed by atoms with E-state index >= 15 is 0 Å². The molecule has 1 unspecified atom stereocenters. The largest absolute Gasteiger partial charge is 0.495 e. The fourth-order valence-electron chi connectivity index (χ4n) is 3.59. The van der Waals surface area contributed by atoms with Crippen molar-refractivity contribution in [3.05, 3.63) is 45.4 Å². The number of thiazole rings is 1. The van der Waals surface area contributed by atoms with Gasteiger partial charge in [-0.25, -0.2) is 9.78 Å². The first-order valence-corrected chi connectivity index (χ1v) is 11.9. The molecule has 1 aliphatic carbocycles. The number of nitrogens with zero attached hydrogens (tertiary/aromatic N) is 2. The molecular weight excluding hydrogens is 426 g/mol. The molecule has 2 aromatic rings. The van der Waals surface area contributed by atoms with Crippen molar-refractivity contribution >= 4 is 38.8 Å². The van der Waals surface area contributed by atoms with Crippen molar-refractivity contribution in [2.24, 2.45) is 5.92 Å². The second-order valence-corrected chi connectivity index (χ2v) is 10.3. The standard InChI is InChI=1S/C20H23N3O5S2/c1-12-3-5-13(6-4-12)19-21-16-10-23(11-18(16)29-19)30(26,27)22-15-8-7-14(20(24)25)9-17(15)28-2/h5,7-9,12,22H,3-4,6,10-11H2,1-2H3,(H,24,25). The number of nitrogens with one attached hydrogen (secondary N) is 1. The SMILES string of the molecule is COc1cc(C(=O)O)ccc1NS(=O)(=O)N1Cc2nc(C3=CCC(C)CC3)sc2C1. The predicted molar refractivity (Wildman–Crippen MR) is 115 cm³/mol. The minimum Gasteiger partial charge on any atom is -0.495 e. The van der Waals surface area contributed by atoms with E-state index in [1.165, 1.54) is 35.2 Å². The molecule has 8 nitrogen and oxygen atoms in total. The Balaban J connectivity index is 1.49. The summed E-state index contributed by atoms with van der Waals surface area (Å²) in [5.41, 5.74) is 2.27. The summed E-state index contributed by atoms with van der Waals surface area (Å²) in [6.45, 7) is 2.72. The van der Waals surface area contributed by atoms with E-state index in [0.29, 0.717) is 5.92 Å². The zero-order valence-electron chi connectivity index (χ0n) is 16.7. The number of hydrogen-bond donors (Lipinski definition) is 2. The van der Waals surface area contributed by atoms with Gasteiger partial charge in [0.25, 0.3) is 0 Å². The molecule has 2 heterocycles. The zero-order chi connectivity index (χ0) is 21.5. The van der Waals surface area contributed by atoms with Crippen LogP contribution in [0.15, 0.2) is 24.3 Å². The van der Waals surface area contributed by atoms with Crippen LogP contribution in [0.1, 0.15) is 52.1 Å². The van der Waals surface area contributed by atoms with Crippen LogP contribution in [-0.4, -0.2) is 35.9 Å². The van der Waals surface area contributed by atoms with Gasteiger partial charge in [-0.2, -0.15) is 12.7 Å². The van der Waals surface area contributed by atoms with Crippen molar-refractivity contribution in [3.8, 4) is 5.75 Å². The summed E-state index contributed by atoms with van der Waals surface area (Å²) in [6.07, 6.45) is 5.49. The molecule has 2 N–H and O–H groups in total. The number of anilines is 1. The van der Waals surface area contributed by atoms with Crippen molar-refractivity contribution in [3.63, 3.8) is 0 Å². The molecule has 1 aliphatic heterocycles. The average Bonchev–Trinajstić information content (AvgIpc) is 3.28. The third-order valence-electron chi connectivity index (χ3n) is 5.40. The van der Waals surface area contributed by atoms with Gasteiger partial charge >= 0.3 is 16.2 Å². The molecule has 30 heavy (non-hydrogen) atoms. The number of aromatic nitrogens is 1. The van der Waals surface area contributed by atoms with Crippen LogP contribution >= 0.6 is 11.3 Å². The molecule has 1 aromatic carbocycles. The lowest BCUT2D eigenvalue weighted by Gasteiger charge is -2.19. The van der Waals surface area contributed by atoms with E-state index in [4.69, 9.17) is 14.8 Å². The first-order valence-electron chi connectivity index (χ1n) is 9.64. The third-order valence-corrected chi connectivity index (χ3v) is 7.97. The van der Waals surface area contributed by atoms with Gasteiger partial charge < -0.3 is 9.84 Å². The minimum absolute atomic E-state index is 0.0151. The topological polar surface area (TPSA) is 109 Å². The molecule has 0 fully saturated rings. The predicted octanol–water partition coefficient (Wildman–Crippen LogP) is 3.73. The molecule has 0 amide bonds. The van der Waals surface area contributed by atoms with Crippen molar-refractivity contribution in [2.75, 3.05) is 11.8 Å². The minimum atomic E-state index is -3.85. The second kappa shape index (κ2) is 8.01. The van der Waals surface area contributed by atoms with Gasteiger partial charge in [0.05, 0.1) is 37.1 Å². The molecule has 160 valence electrons. The molecule has 2 aliphatic rings. The third kappa shape index (κ3) is 4.07. The molecule has 0 saturated carbocycles. The molecule has 1 aromatic heterocycles. The molecule has 0 bridgehead atoms. The zero-order valence-corrected chi connectivity index (χ0v) is 18.3. The fourth-order valence-corrected chi connectivity index (χ4v) is 6.00. The van der Waals surface area contributed by atoms with Crippen molar-refractivity contribution < 1.29 is 23.1 Å². The summed E-state index contributed by atoms with van der Waals surface area (Å²) in [6, 6.07) is 4.00. The second-order valence-electron chi connectivity index (χ2n) is 7.59. The summed E-state index contributed by atoms with van der Waals surface area (Å²) >= 11 is 1.57. The lowest BCUT2D eigenvalue weighted by molar-refractivity contribution is 0.0696. The van der Waals surface area contributed by atoms with Gasteiger partial charge in [0.1, 0.15) is 10.8 Å². The summed E-state index contributed by atoms with van der Waals surface area (Å²) in [7, 11) is -2.49. The van der Waals surface area contributed by atoms with Gasteiger partial charge in [0, 0.05) is 4.88 Å². The quantitative estimate of drug-likeness (QED) is 0.696. The maximum Gasteiger partial charge on any atom is 0.335 e. The molecule has 0 spiro atoms. The van der Waals surface area contributed by atoms with E-state index in [2.05, 4.69) is 17.7 Å². The first-order chi connectivity index (χ1) is 14.3. The lowest BCUT2D eigenvalue weighted by Crippen LogP contribution is -2.31. The number of carboxylic acids is 1. The van der Waals surface area contributed by atoms with Crippen LogP contribution in [0.2, 0.25) is 0 Å². The van der Waals surface area contributed by atoms with Gasteiger partial charge in [-0.05, 0) is 49.0 Å². The van der Waals surface area contributed by atoms with Crippen LogP contribution < -0.4 is 9.46 Å². The number of allylic oxidation sites excluding steroid dienone is 2. The highest BCUT2D eigenvalue weighted by Crippen LogP contribution is 2.37. The molecule has 0 saturated heterocycles. The number of methoxy groups -OCH3 is 1. The maximum atomic E-state index is 12.9. The summed E-state index contributed by atoms with van der Waals surface area (Å²) in [5, 5.41) is 10.1. The van der Waals surface area contributed by atoms with E-state index in [1.54, 1.807) is 11.3 Å². The van der Waals surface area contributed by atoms with Crippen LogP contribution in [-0.2, 0) is 23.3 Å². The van der Waals surface area contributed by atoms with Crippen LogP contribution in [0, 0.1) is 5.92 Å². The van der Waals surface area contributed by atoms with E-state index < -0.39 is 16.2 Å². The van der Waals surface area contributed by atoms with Crippen molar-refractivity contribution in [2.45, 2.75) is 39.3 Å². The average molecular weight is 450 g/mol. The van der Waals surface area contributed by atoms with E-state index in [9.17, 15) is 13.2 Å². The highest BCUT2D eigenvalue weighted by atomic mass is 32.2. The lowest BCUT2D eigenvalue weighted by atomic mass is 9.91. The van der Waals surface area contributed by atoms with E-state index in [-0.39, 0.29) is 30.1 Å². The Morgan fingerprint density at radius 2 is 2.17 bits per heavy atom. The van der Waals surface area contributed by atoms with Gasteiger partial charge in [0.2, 0.25) is 0 Å². The normalized spacial score (nSPS) is 19.3. The first kappa shape index (κ1) is 20.8. The number of carbonyl (C=O) groups is 1. The van der Waals surface area contributed by atoms with Crippen molar-refractivity contribution in [1.29, 1.82) is 0 Å². The van der Waals surface area contributed by atoms with Gasteiger partial charge in [-0.1, -0.05) is 13.0 Å². The summed E-state index contributed by atoms with van der Waals surface area (Å²) in [4.78, 5) is 16.8. The number of ether oxygens (including phenoxy) is 1. The number of fused-ring (bicyclic) bond motifs is 1. The number of carboxylic acid groups (broad SMARTS) is 1. The Labute approximate surface area is 179 Å². The van der Waals surface area contributed by atoms with Gasteiger partial charge in [0.15, 0.2) is 0 Å². The Morgan fingerprint density at radius 3 is 2.80 bits per heavy atom. The maximum absolute atomic E-state index is 12.9. The van der Waals surface area contributed by atoms with E-state index in [1.807, 2.05) is 0 Å². The molecular formula is C20H23N3O5S2. The number of rotatable bonds is 6. The summed E-state index contributed by atoms with van der Waals surface area (Å²) < 4.78 is 34.8. The fraction of sp³-hybridized carbons (Fsp3) is 0.400. The van der Waals surface area contributed by atoms with Crippen LogP contribution in [0.4, 0.5) is 5.69 Å². The van der Waals surface area contributed by atoms with Crippen molar-refractivity contribution in [1.82, 2.24) is 9.29 Å². The van der Waals surface area contributed by atoms with Crippen LogP contribution in [0.3, 0.4) is 0 Å². The molecule has 0 radical (unpaired) electrons. The molecule has 10 heteroatoms. The Morgan fingerprint density at radius 1 is 1.37 bits per heavy atom. The van der Waals surface area contributed by atoms with Crippen LogP contribution in [0.5, 0.6) is 5.75 Å². The highest BCUT2D eigenvalue weighted by Gasteiger charge is 2.33. The highest BCUT2D eigenvalue weighted by molar-refractivity contribution is 7.90. The molecule has 1 atom stereocenters. The van der Waals surface area contributed by atoms with Gasteiger partial charge in [-0.15, -0.1) is 11.3 Å². The Kier molecular flexibility index (Phi) is 5.56. The number of aromatic carboxylic acids is 1. The van der Waals surface area contributed by atoms with Crippen LogP contribution in [0.25, 0.3) is 5.57 Å². The monoisotopic (exact) mass is 449 g/mol.